The number of aliphatic carboxylic acids is 1. The highest BCUT2D eigenvalue weighted by Crippen LogP contribution is 2.37. The second-order valence-corrected chi connectivity index (χ2v) is 8.42. The number of hydrogen-bond donors (Lipinski definition) is 2. The lowest BCUT2D eigenvalue weighted by atomic mass is 9.94. The van der Waals surface area contributed by atoms with Gasteiger partial charge in [0.25, 0.3) is 0 Å². The SMILES string of the molecule is O=C(O)C1=CC2(CCC1S(=O)(=O)Nc1cc(Cl)ccc1Cl)OCCO2. The molecule has 2 N–H and O–H groups in total. The van der Waals surface area contributed by atoms with Gasteiger partial charge in [-0.2, -0.15) is 0 Å². The molecule has 1 aliphatic carbocycles. The summed E-state index contributed by atoms with van der Waals surface area (Å²) in [6.45, 7) is 0.661. The zero-order valence-corrected chi connectivity index (χ0v) is 15.2. The molecule has 0 amide bonds. The summed E-state index contributed by atoms with van der Waals surface area (Å²) in [4.78, 5) is 11.6. The first-order chi connectivity index (χ1) is 11.7. The van der Waals surface area contributed by atoms with Crippen molar-refractivity contribution in [1.82, 2.24) is 0 Å². The fourth-order valence-electron chi connectivity index (χ4n) is 2.91. The molecule has 1 aromatic rings. The van der Waals surface area contributed by atoms with E-state index in [4.69, 9.17) is 32.7 Å². The second kappa shape index (κ2) is 6.77. The van der Waals surface area contributed by atoms with E-state index in [0.29, 0.717) is 18.2 Å². The minimum atomic E-state index is -4.07. The molecule has 136 valence electrons. The van der Waals surface area contributed by atoms with Gasteiger partial charge >= 0.3 is 5.97 Å². The molecule has 0 bridgehead atoms. The van der Waals surface area contributed by atoms with Gasteiger partial charge in [-0.05, 0) is 30.7 Å². The van der Waals surface area contributed by atoms with E-state index in [9.17, 15) is 18.3 Å². The van der Waals surface area contributed by atoms with Crippen molar-refractivity contribution in [3.05, 3.63) is 39.9 Å². The van der Waals surface area contributed by atoms with Crippen LogP contribution in [0.1, 0.15) is 12.8 Å². The molecule has 1 spiro atoms. The van der Waals surface area contributed by atoms with Crippen LogP contribution in [0.5, 0.6) is 0 Å². The zero-order valence-electron chi connectivity index (χ0n) is 12.9. The average Bonchev–Trinajstić information content (AvgIpc) is 2.98. The lowest BCUT2D eigenvalue weighted by molar-refractivity contribution is -0.138. The number of carboxylic acids is 1. The summed E-state index contributed by atoms with van der Waals surface area (Å²) in [7, 11) is -4.07. The molecule has 2 aliphatic rings. The number of carboxylic acid groups (broad SMARTS) is 1. The number of halogens is 2. The maximum absolute atomic E-state index is 12.7. The van der Waals surface area contributed by atoms with Crippen LogP contribution in [0.4, 0.5) is 5.69 Å². The van der Waals surface area contributed by atoms with Crippen molar-refractivity contribution in [3.8, 4) is 0 Å². The summed E-state index contributed by atoms with van der Waals surface area (Å²) < 4.78 is 38.7. The zero-order chi connectivity index (χ0) is 18.2. The molecule has 1 atom stereocenters. The predicted octanol–water partition coefficient (Wildman–Crippen LogP) is 2.65. The minimum Gasteiger partial charge on any atom is -0.478 e. The summed E-state index contributed by atoms with van der Waals surface area (Å²) in [6.07, 6.45) is 1.51. The number of benzene rings is 1. The summed E-state index contributed by atoms with van der Waals surface area (Å²) in [5, 5.41) is 8.65. The molecular formula is C15H15Cl2NO6S. The number of anilines is 1. The van der Waals surface area contributed by atoms with Crippen LogP contribution in [0.25, 0.3) is 0 Å². The Kier molecular flexibility index (Phi) is 5.00. The van der Waals surface area contributed by atoms with Gasteiger partial charge in [-0.25, -0.2) is 13.2 Å². The van der Waals surface area contributed by atoms with Gasteiger partial charge in [-0.15, -0.1) is 0 Å². The third-order valence-electron chi connectivity index (χ3n) is 4.06. The fraction of sp³-hybridized carbons (Fsp3) is 0.400. The van der Waals surface area contributed by atoms with Gasteiger partial charge in [-0.1, -0.05) is 23.2 Å². The largest absolute Gasteiger partial charge is 0.478 e. The van der Waals surface area contributed by atoms with E-state index >= 15 is 0 Å². The van der Waals surface area contributed by atoms with Crippen LogP contribution in [0.2, 0.25) is 10.0 Å². The number of nitrogens with one attached hydrogen (secondary N) is 1. The van der Waals surface area contributed by atoms with Crippen molar-refractivity contribution in [2.45, 2.75) is 23.9 Å². The van der Waals surface area contributed by atoms with E-state index in [2.05, 4.69) is 4.72 Å². The first-order valence-electron chi connectivity index (χ1n) is 7.43. The highest BCUT2D eigenvalue weighted by Gasteiger charge is 2.45. The van der Waals surface area contributed by atoms with E-state index in [0.717, 1.165) is 0 Å². The summed E-state index contributed by atoms with van der Waals surface area (Å²) >= 11 is 11.8. The Morgan fingerprint density at radius 1 is 1.28 bits per heavy atom. The smallest absolute Gasteiger partial charge is 0.332 e. The van der Waals surface area contributed by atoms with Crippen LogP contribution in [-0.2, 0) is 24.3 Å². The number of rotatable bonds is 4. The highest BCUT2D eigenvalue weighted by molar-refractivity contribution is 7.93. The summed E-state index contributed by atoms with van der Waals surface area (Å²) in [5.41, 5.74) is -0.202. The van der Waals surface area contributed by atoms with Crippen LogP contribution in [0.3, 0.4) is 0 Å². The van der Waals surface area contributed by atoms with E-state index in [1.54, 1.807) is 0 Å². The lowest BCUT2D eigenvalue weighted by Gasteiger charge is -2.32. The number of carbonyl (C=O) groups is 1. The molecule has 25 heavy (non-hydrogen) atoms. The Bertz CT molecular complexity index is 832. The summed E-state index contributed by atoms with van der Waals surface area (Å²) in [5.74, 6) is -2.50. The monoisotopic (exact) mass is 407 g/mol. The van der Waals surface area contributed by atoms with Crippen molar-refractivity contribution in [1.29, 1.82) is 0 Å². The molecular weight excluding hydrogens is 393 g/mol. The Morgan fingerprint density at radius 3 is 2.60 bits per heavy atom. The van der Waals surface area contributed by atoms with Gasteiger partial charge in [0, 0.05) is 11.4 Å². The third kappa shape index (κ3) is 3.78. The van der Waals surface area contributed by atoms with Crippen molar-refractivity contribution in [3.63, 3.8) is 0 Å². The van der Waals surface area contributed by atoms with Gasteiger partial charge < -0.3 is 14.6 Å². The van der Waals surface area contributed by atoms with E-state index < -0.39 is 27.0 Å². The average molecular weight is 408 g/mol. The quantitative estimate of drug-likeness (QED) is 0.795. The molecule has 1 fully saturated rings. The van der Waals surface area contributed by atoms with Crippen LogP contribution in [0.15, 0.2) is 29.8 Å². The van der Waals surface area contributed by atoms with Crippen molar-refractivity contribution in [2.75, 3.05) is 17.9 Å². The topological polar surface area (TPSA) is 102 Å². The Hall–Kier alpha value is -1.32. The molecule has 0 radical (unpaired) electrons. The molecule has 1 saturated heterocycles. The van der Waals surface area contributed by atoms with E-state index in [1.807, 2.05) is 0 Å². The molecule has 7 nitrogen and oxygen atoms in total. The second-order valence-electron chi connectivity index (χ2n) is 5.71. The Labute approximate surface area is 154 Å². The highest BCUT2D eigenvalue weighted by atomic mass is 35.5. The minimum absolute atomic E-state index is 0.0334. The first kappa shape index (κ1) is 18.5. The predicted molar refractivity (Wildman–Crippen MR) is 92.4 cm³/mol. The molecule has 1 heterocycles. The molecule has 3 rings (SSSR count). The number of sulfonamides is 1. The molecule has 1 unspecified atom stereocenters. The van der Waals surface area contributed by atoms with Crippen molar-refractivity contribution in [2.24, 2.45) is 0 Å². The van der Waals surface area contributed by atoms with E-state index in [1.165, 1.54) is 24.3 Å². The molecule has 1 aromatic carbocycles. The van der Waals surface area contributed by atoms with Crippen LogP contribution < -0.4 is 4.72 Å². The molecule has 0 saturated carbocycles. The van der Waals surface area contributed by atoms with Gasteiger partial charge in [0.1, 0.15) is 5.25 Å². The molecule has 10 heteroatoms. The Balaban J connectivity index is 1.93. The van der Waals surface area contributed by atoms with Crippen molar-refractivity contribution >= 4 is 44.9 Å². The standard InChI is InChI=1S/C15H15Cl2NO6S/c16-9-1-2-11(17)12(7-9)18-25(21,22)13-3-4-15(23-5-6-24-15)8-10(13)14(19)20/h1-2,7-8,13,18H,3-6H2,(H,19,20). The van der Waals surface area contributed by atoms with Gasteiger partial charge in [0.15, 0.2) is 5.79 Å². The maximum Gasteiger partial charge on any atom is 0.332 e. The van der Waals surface area contributed by atoms with Crippen molar-refractivity contribution < 1.29 is 27.8 Å². The molecule has 1 aliphatic heterocycles. The maximum atomic E-state index is 12.7. The van der Waals surface area contributed by atoms with E-state index in [-0.39, 0.29) is 29.1 Å². The van der Waals surface area contributed by atoms with Crippen LogP contribution in [-0.4, -0.2) is 43.7 Å². The third-order valence-corrected chi connectivity index (χ3v) is 6.36. The number of ether oxygens (including phenoxy) is 2. The van der Waals surface area contributed by atoms with Crippen LogP contribution in [0, 0.1) is 0 Å². The van der Waals surface area contributed by atoms with Gasteiger partial charge in [0.2, 0.25) is 10.0 Å². The lowest BCUT2D eigenvalue weighted by Crippen LogP contribution is -2.41. The number of hydrogen-bond acceptors (Lipinski definition) is 5. The van der Waals surface area contributed by atoms with Gasteiger partial charge in [-0.3, -0.25) is 4.72 Å². The molecule has 0 aromatic heterocycles. The first-order valence-corrected chi connectivity index (χ1v) is 9.73. The fourth-order valence-corrected chi connectivity index (χ4v) is 4.85. The summed E-state index contributed by atoms with van der Waals surface area (Å²) in [6, 6.07) is 4.33. The normalized spacial score (nSPS) is 22.6. The van der Waals surface area contributed by atoms with Crippen LogP contribution >= 0.6 is 23.2 Å². The Morgan fingerprint density at radius 2 is 1.96 bits per heavy atom. The van der Waals surface area contributed by atoms with Gasteiger partial charge in [0.05, 0.1) is 29.5 Å².